The Morgan fingerprint density at radius 2 is 2.29 bits per heavy atom. The van der Waals surface area contributed by atoms with Crippen LogP contribution in [0, 0.1) is 0 Å². The van der Waals surface area contributed by atoms with Gasteiger partial charge in [0, 0.05) is 0 Å². The van der Waals surface area contributed by atoms with Crippen molar-refractivity contribution in [3.63, 3.8) is 0 Å². The van der Waals surface area contributed by atoms with Crippen LogP contribution in [0.3, 0.4) is 0 Å². The first-order valence-electron chi connectivity index (χ1n) is 2.54. The molecule has 0 aromatic rings. The molecule has 0 spiro atoms. The summed E-state index contributed by atoms with van der Waals surface area (Å²) in [7, 11) is 0. The zero-order valence-corrected chi connectivity index (χ0v) is 5.07. The Hall–Kier alpha value is -0.520. The van der Waals surface area contributed by atoms with Crippen molar-refractivity contribution in [3.05, 3.63) is 24.3 Å². The van der Waals surface area contributed by atoms with Crippen LogP contribution >= 0.6 is 0 Å². The van der Waals surface area contributed by atoms with Crippen molar-refractivity contribution in [2.75, 3.05) is 0 Å². The van der Waals surface area contributed by atoms with E-state index >= 15 is 0 Å². The van der Waals surface area contributed by atoms with Gasteiger partial charge in [-0.1, -0.05) is 17.7 Å². The van der Waals surface area contributed by atoms with Gasteiger partial charge in [-0.15, -0.1) is 6.58 Å². The molecule has 0 unspecified atom stereocenters. The molecule has 0 saturated carbocycles. The Morgan fingerprint density at radius 1 is 1.71 bits per heavy atom. The zero-order valence-electron chi connectivity index (χ0n) is 5.07. The Morgan fingerprint density at radius 3 is 2.43 bits per heavy atom. The van der Waals surface area contributed by atoms with Crippen molar-refractivity contribution in [2.24, 2.45) is 0 Å². The highest BCUT2D eigenvalue weighted by Crippen LogP contribution is 1.96. The van der Waals surface area contributed by atoms with Gasteiger partial charge in [0.15, 0.2) is 0 Å². The van der Waals surface area contributed by atoms with E-state index in [1.807, 2.05) is 13.0 Å². The van der Waals surface area contributed by atoms with E-state index in [0.717, 1.165) is 6.42 Å². The largest absolute Gasteiger partial charge is 0.103 e. The molecule has 0 aromatic carbocycles. The van der Waals surface area contributed by atoms with Crippen molar-refractivity contribution in [3.8, 4) is 0 Å². The lowest BCUT2D eigenvalue weighted by Gasteiger charge is -1.87. The second-order valence-electron chi connectivity index (χ2n) is 1.63. The van der Waals surface area contributed by atoms with Crippen molar-refractivity contribution in [1.82, 2.24) is 0 Å². The third-order valence-electron chi connectivity index (χ3n) is 0.959. The molecular formula is C7H12. The molecule has 0 aliphatic carbocycles. The normalized spacial score (nSPS) is 11.4. The summed E-state index contributed by atoms with van der Waals surface area (Å²) in [4.78, 5) is 0. The number of rotatable bonds is 2. The van der Waals surface area contributed by atoms with E-state index in [4.69, 9.17) is 0 Å². The highest BCUT2D eigenvalue weighted by Gasteiger charge is 1.76. The maximum absolute atomic E-state index is 3.61. The summed E-state index contributed by atoms with van der Waals surface area (Å²) in [5.41, 5.74) is 1.38. The van der Waals surface area contributed by atoms with Gasteiger partial charge in [-0.3, -0.25) is 0 Å². The van der Waals surface area contributed by atoms with Crippen LogP contribution in [-0.4, -0.2) is 0 Å². The fourth-order valence-electron chi connectivity index (χ4n) is 0.346. The maximum atomic E-state index is 3.61. The van der Waals surface area contributed by atoms with Gasteiger partial charge in [0.1, 0.15) is 0 Å². The molecule has 0 fully saturated rings. The van der Waals surface area contributed by atoms with E-state index < -0.39 is 0 Å². The molecule has 0 radical (unpaired) electrons. The summed E-state index contributed by atoms with van der Waals surface area (Å²) in [5.74, 6) is 0. The first kappa shape index (κ1) is 6.48. The molecule has 0 heterocycles. The van der Waals surface area contributed by atoms with E-state index in [2.05, 4.69) is 19.6 Å². The summed E-state index contributed by atoms with van der Waals surface area (Å²) in [6.45, 7) is 7.75. The van der Waals surface area contributed by atoms with Crippen LogP contribution in [0.5, 0.6) is 0 Å². The monoisotopic (exact) mass is 96.1 g/mol. The van der Waals surface area contributed by atoms with Crippen LogP contribution < -0.4 is 0 Å². The second kappa shape index (κ2) is 3.66. The average Bonchev–Trinajstić information content (AvgIpc) is 1.68. The van der Waals surface area contributed by atoms with Gasteiger partial charge in [-0.05, 0) is 20.3 Å². The molecule has 0 aliphatic heterocycles. The number of hydrogen-bond donors (Lipinski definition) is 0. The fraction of sp³-hybridized carbons (Fsp3) is 0.429. The standard InChI is InChI=1S/C7H12/c1-4-6-7(3)5-2/h4-5H,1,6H2,2-3H3/b7-5+. The Labute approximate surface area is 45.5 Å². The molecule has 0 amide bonds. The topological polar surface area (TPSA) is 0 Å². The van der Waals surface area contributed by atoms with Gasteiger partial charge in [0.25, 0.3) is 0 Å². The average molecular weight is 96.2 g/mol. The van der Waals surface area contributed by atoms with Crippen LogP contribution in [0.1, 0.15) is 20.3 Å². The molecule has 40 valence electrons. The maximum Gasteiger partial charge on any atom is -0.0144 e. The number of hydrogen-bond acceptors (Lipinski definition) is 0. The minimum atomic E-state index is 1.02. The van der Waals surface area contributed by atoms with Crippen molar-refractivity contribution in [2.45, 2.75) is 20.3 Å². The van der Waals surface area contributed by atoms with Crippen LogP contribution in [0.2, 0.25) is 0 Å². The predicted molar refractivity (Wildman–Crippen MR) is 34.2 cm³/mol. The molecule has 0 heteroatoms. The highest BCUT2D eigenvalue weighted by atomic mass is 13.8. The molecule has 0 aliphatic rings. The van der Waals surface area contributed by atoms with E-state index in [9.17, 15) is 0 Å². The van der Waals surface area contributed by atoms with E-state index in [0.29, 0.717) is 0 Å². The molecule has 0 saturated heterocycles. The number of allylic oxidation sites excluding steroid dienone is 3. The molecule has 0 atom stereocenters. The molecule has 0 N–H and O–H groups in total. The van der Waals surface area contributed by atoms with E-state index in [-0.39, 0.29) is 0 Å². The summed E-state index contributed by atoms with van der Waals surface area (Å²) in [6.07, 6.45) is 5.04. The Balaban J connectivity index is 3.36. The Kier molecular flexibility index (Phi) is 3.39. The van der Waals surface area contributed by atoms with Gasteiger partial charge in [0.2, 0.25) is 0 Å². The summed E-state index contributed by atoms with van der Waals surface area (Å²) >= 11 is 0. The summed E-state index contributed by atoms with van der Waals surface area (Å²) in [6, 6.07) is 0. The van der Waals surface area contributed by atoms with Gasteiger partial charge < -0.3 is 0 Å². The van der Waals surface area contributed by atoms with Crippen LogP contribution in [0.25, 0.3) is 0 Å². The molecule has 0 bridgehead atoms. The predicted octanol–water partition coefficient (Wildman–Crippen LogP) is 2.53. The van der Waals surface area contributed by atoms with Gasteiger partial charge in [0.05, 0.1) is 0 Å². The fourth-order valence-corrected chi connectivity index (χ4v) is 0.346. The first-order valence-corrected chi connectivity index (χ1v) is 2.54. The Bertz CT molecular complexity index is 78.0. The minimum Gasteiger partial charge on any atom is -0.103 e. The lowest BCUT2D eigenvalue weighted by molar-refractivity contribution is 1.20. The highest BCUT2D eigenvalue weighted by molar-refractivity contribution is 5.00. The van der Waals surface area contributed by atoms with Gasteiger partial charge in [-0.2, -0.15) is 0 Å². The summed E-state index contributed by atoms with van der Waals surface area (Å²) < 4.78 is 0. The second-order valence-corrected chi connectivity index (χ2v) is 1.63. The minimum absolute atomic E-state index is 1.02. The molecule has 0 rings (SSSR count). The smallest absolute Gasteiger partial charge is 0.0144 e. The van der Waals surface area contributed by atoms with Crippen molar-refractivity contribution >= 4 is 0 Å². The van der Waals surface area contributed by atoms with Crippen molar-refractivity contribution in [1.29, 1.82) is 0 Å². The van der Waals surface area contributed by atoms with Crippen LogP contribution in [0.4, 0.5) is 0 Å². The third-order valence-corrected chi connectivity index (χ3v) is 0.959. The van der Waals surface area contributed by atoms with Crippen LogP contribution in [0.15, 0.2) is 24.3 Å². The first-order chi connectivity index (χ1) is 3.31. The molecule has 0 aromatic heterocycles. The SMILES string of the molecule is C=CC/C(C)=C/C. The quantitative estimate of drug-likeness (QED) is 0.463. The third kappa shape index (κ3) is 3.31. The molecule has 0 nitrogen and oxygen atoms in total. The lowest BCUT2D eigenvalue weighted by atomic mass is 10.2. The molecular weight excluding hydrogens is 84.1 g/mol. The summed E-state index contributed by atoms with van der Waals surface area (Å²) in [5, 5.41) is 0. The van der Waals surface area contributed by atoms with E-state index in [1.54, 1.807) is 0 Å². The van der Waals surface area contributed by atoms with Crippen LogP contribution in [-0.2, 0) is 0 Å². The van der Waals surface area contributed by atoms with Crippen molar-refractivity contribution < 1.29 is 0 Å². The van der Waals surface area contributed by atoms with E-state index in [1.165, 1.54) is 5.57 Å². The zero-order chi connectivity index (χ0) is 5.70. The lowest BCUT2D eigenvalue weighted by Crippen LogP contribution is -1.66. The van der Waals surface area contributed by atoms with Gasteiger partial charge >= 0.3 is 0 Å². The molecule has 7 heavy (non-hydrogen) atoms. The van der Waals surface area contributed by atoms with Gasteiger partial charge in [-0.25, -0.2) is 0 Å².